The van der Waals surface area contributed by atoms with Crippen molar-refractivity contribution in [2.75, 3.05) is 19.6 Å². The number of nitrogens with one attached hydrogen (secondary N) is 1. The first-order valence-electron chi connectivity index (χ1n) is 13.3. The van der Waals surface area contributed by atoms with E-state index in [9.17, 15) is 14.7 Å². The van der Waals surface area contributed by atoms with Gasteiger partial charge in [-0.25, -0.2) is 0 Å². The molecule has 2 unspecified atom stereocenters. The summed E-state index contributed by atoms with van der Waals surface area (Å²) in [6.07, 6.45) is 2.03. The van der Waals surface area contributed by atoms with E-state index in [2.05, 4.69) is 29.3 Å². The molecule has 2 aromatic carbocycles. The molecule has 8 heteroatoms. The minimum Gasteiger partial charge on any atom is -0.457 e. The van der Waals surface area contributed by atoms with Crippen molar-refractivity contribution < 1.29 is 19.4 Å². The summed E-state index contributed by atoms with van der Waals surface area (Å²) >= 11 is 5.94. The third-order valence-corrected chi connectivity index (χ3v) is 7.83. The van der Waals surface area contributed by atoms with Crippen LogP contribution in [-0.4, -0.2) is 64.0 Å². The standard InChI is InChI=1S/C29H38ClN3O4/c1-4-5-16-33-27(35)25(26(34)20(2)3)31-28(36)29(33)14-17-32(18-15-29)19-21-6-10-23(11-7-21)37-24-12-8-22(30)9-13-24/h6-13,20,25-26,34H,4-5,14-19H2,1-3H3,(H,31,36). The number of unbranched alkanes of at least 4 members (excludes halogenated alkanes) is 1. The van der Waals surface area contributed by atoms with E-state index in [1.165, 1.54) is 0 Å². The maximum atomic E-state index is 13.5. The van der Waals surface area contributed by atoms with Gasteiger partial charge in [-0.1, -0.05) is 50.9 Å². The van der Waals surface area contributed by atoms with Crippen LogP contribution in [0, 0.1) is 5.92 Å². The average molecular weight is 528 g/mol. The first-order chi connectivity index (χ1) is 17.7. The molecule has 0 aromatic heterocycles. The van der Waals surface area contributed by atoms with Gasteiger partial charge >= 0.3 is 0 Å². The lowest BCUT2D eigenvalue weighted by Gasteiger charge is -2.52. The second-order valence-corrected chi connectivity index (χ2v) is 11.0. The van der Waals surface area contributed by atoms with Crippen molar-refractivity contribution in [1.29, 1.82) is 0 Å². The summed E-state index contributed by atoms with van der Waals surface area (Å²) < 4.78 is 5.89. The molecule has 37 heavy (non-hydrogen) atoms. The summed E-state index contributed by atoms with van der Waals surface area (Å²) in [5, 5.41) is 14.2. The molecule has 0 aliphatic carbocycles. The van der Waals surface area contributed by atoms with Crippen molar-refractivity contribution in [3.8, 4) is 11.5 Å². The smallest absolute Gasteiger partial charge is 0.248 e. The van der Waals surface area contributed by atoms with E-state index in [4.69, 9.17) is 16.3 Å². The summed E-state index contributed by atoms with van der Waals surface area (Å²) in [5.41, 5.74) is 0.318. The Balaban J connectivity index is 1.39. The number of hydrogen-bond acceptors (Lipinski definition) is 5. The summed E-state index contributed by atoms with van der Waals surface area (Å²) in [7, 11) is 0. The van der Waals surface area contributed by atoms with Gasteiger partial charge < -0.3 is 20.1 Å². The number of rotatable bonds is 9. The highest BCUT2D eigenvalue weighted by Gasteiger charge is 2.54. The van der Waals surface area contributed by atoms with Gasteiger partial charge in [-0.2, -0.15) is 0 Å². The van der Waals surface area contributed by atoms with Crippen LogP contribution < -0.4 is 10.1 Å². The predicted octanol–water partition coefficient (Wildman–Crippen LogP) is 4.61. The van der Waals surface area contributed by atoms with Crippen LogP contribution in [0.3, 0.4) is 0 Å². The fourth-order valence-corrected chi connectivity index (χ4v) is 5.36. The first-order valence-corrected chi connectivity index (χ1v) is 13.7. The number of halogens is 1. The van der Waals surface area contributed by atoms with Gasteiger partial charge in [0.2, 0.25) is 11.8 Å². The Kier molecular flexibility index (Phi) is 8.78. The molecule has 2 saturated heterocycles. The number of piperidine rings is 1. The highest BCUT2D eigenvalue weighted by atomic mass is 35.5. The number of benzene rings is 2. The van der Waals surface area contributed by atoms with Crippen LogP contribution in [0.5, 0.6) is 11.5 Å². The molecular weight excluding hydrogens is 490 g/mol. The predicted molar refractivity (Wildman–Crippen MR) is 145 cm³/mol. The summed E-state index contributed by atoms with van der Waals surface area (Å²) in [6, 6.07) is 14.4. The highest BCUT2D eigenvalue weighted by Crippen LogP contribution is 2.35. The van der Waals surface area contributed by atoms with Crippen LogP contribution in [0.4, 0.5) is 0 Å². The van der Waals surface area contributed by atoms with Gasteiger partial charge in [-0.15, -0.1) is 0 Å². The third kappa shape index (κ3) is 6.11. The Morgan fingerprint density at radius 1 is 1.05 bits per heavy atom. The number of nitrogens with zero attached hydrogens (tertiary/aromatic N) is 2. The van der Waals surface area contributed by atoms with E-state index in [1.807, 2.05) is 38.1 Å². The van der Waals surface area contributed by atoms with Crippen LogP contribution >= 0.6 is 11.6 Å². The minimum atomic E-state index is -0.898. The van der Waals surface area contributed by atoms with Crippen LogP contribution in [0.2, 0.25) is 5.02 Å². The van der Waals surface area contributed by atoms with Gasteiger partial charge in [0.1, 0.15) is 23.1 Å². The van der Waals surface area contributed by atoms with Crippen LogP contribution in [-0.2, 0) is 16.1 Å². The fourth-order valence-electron chi connectivity index (χ4n) is 5.23. The van der Waals surface area contributed by atoms with Gasteiger partial charge in [-0.05, 0) is 67.1 Å². The zero-order valence-corrected chi connectivity index (χ0v) is 22.7. The van der Waals surface area contributed by atoms with Crippen molar-refractivity contribution in [3.63, 3.8) is 0 Å². The zero-order chi connectivity index (χ0) is 26.6. The number of hydrogen-bond donors (Lipinski definition) is 2. The lowest BCUT2D eigenvalue weighted by atomic mass is 9.80. The molecule has 2 aliphatic rings. The Hall–Kier alpha value is -2.61. The molecule has 0 bridgehead atoms. The van der Waals surface area contributed by atoms with Crippen molar-refractivity contribution in [2.45, 2.75) is 70.7 Å². The van der Waals surface area contributed by atoms with E-state index in [1.54, 1.807) is 17.0 Å². The molecule has 1 spiro atoms. The first kappa shape index (κ1) is 27.4. The highest BCUT2D eigenvalue weighted by molar-refractivity contribution is 6.30. The van der Waals surface area contributed by atoms with E-state index in [0.717, 1.165) is 36.4 Å². The van der Waals surface area contributed by atoms with Crippen LogP contribution in [0.1, 0.15) is 52.0 Å². The summed E-state index contributed by atoms with van der Waals surface area (Å²) in [6.45, 7) is 8.53. The van der Waals surface area contributed by atoms with Crippen molar-refractivity contribution in [2.24, 2.45) is 5.92 Å². The zero-order valence-electron chi connectivity index (χ0n) is 22.0. The monoisotopic (exact) mass is 527 g/mol. The molecule has 0 saturated carbocycles. The largest absolute Gasteiger partial charge is 0.457 e. The second-order valence-electron chi connectivity index (χ2n) is 10.5. The second kappa shape index (κ2) is 11.8. The number of amides is 2. The maximum absolute atomic E-state index is 13.5. The lowest BCUT2D eigenvalue weighted by molar-refractivity contribution is -0.165. The summed E-state index contributed by atoms with van der Waals surface area (Å²) in [4.78, 5) is 31.0. The SMILES string of the molecule is CCCCN1C(=O)C(C(O)C(C)C)NC(=O)C12CCN(Cc1ccc(Oc3ccc(Cl)cc3)cc1)CC2. The Morgan fingerprint density at radius 2 is 1.65 bits per heavy atom. The van der Waals surface area contributed by atoms with Crippen molar-refractivity contribution >= 4 is 23.4 Å². The van der Waals surface area contributed by atoms with E-state index in [0.29, 0.717) is 37.5 Å². The molecule has 2 heterocycles. The summed E-state index contributed by atoms with van der Waals surface area (Å²) in [5.74, 6) is 1.08. The Morgan fingerprint density at radius 3 is 2.22 bits per heavy atom. The quantitative estimate of drug-likeness (QED) is 0.497. The van der Waals surface area contributed by atoms with E-state index >= 15 is 0 Å². The average Bonchev–Trinajstić information content (AvgIpc) is 2.89. The minimum absolute atomic E-state index is 0.124. The molecular formula is C29H38ClN3O4. The number of piperazine rings is 1. The number of ether oxygens (including phenoxy) is 1. The van der Waals surface area contributed by atoms with Gasteiger partial charge in [-0.3, -0.25) is 14.5 Å². The lowest BCUT2D eigenvalue weighted by Crippen LogP contribution is -2.74. The van der Waals surface area contributed by atoms with E-state index < -0.39 is 17.7 Å². The number of aliphatic hydroxyl groups is 1. The van der Waals surface area contributed by atoms with Crippen LogP contribution in [0.25, 0.3) is 0 Å². The van der Waals surface area contributed by atoms with Crippen LogP contribution in [0.15, 0.2) is 48.5 Å². The molecule has 0 radical (unpaired) electrons. The van der Waals surface area contributed by atoms with Crippen molar-refractivity contribution in [1.82, 2.24) is 15.1 Å². The Bertz CT molecular complexity index is 1070. The third-order valence-electron chi connectivity index (χ3n) is 7.58. The van der Waals surface area contributed by atoms with Gasteiger partial charge in [0, 0.05) is 31.2 Å². The molecule has 2 fully saturated rings. The molecule has 2 N–H and O–H groups in total. The maximum Gasteiger partial charge on any atom is 0.248 e. The number of aliphatic hydroxyl groups excluding tert-OH is 1. The number of carbonyl (C=O) groups excluding carboxylic acids is 2. The molecule has 7 nitrogen and oxygen atoms in total. The number of carbonyl (C=O) groups is 2. The van der Waals surface area contributed by atoms with Gasteiger partial charge in [0.15, 0.2) is 0 Å². The number of likely N-dealkylation sites (tertiary alicyclic amines) is 1. The molecule has 2 aliphatic heterocycles. The van der Waals surface area contributed by atoms with Gasteiger partial charge in [0.05, 0.1) is 6.10 Å². The molecule has 2 atom stereocenters. The van der Waals surface area contributed by atoms with Crippen molar-refractivity contribution in [3.05, 3.63) is 59.1 Å². The van der Waals surface area contributed by atoms with E-state index in [-0.39, 0.29) is 17.7 Å². The van der Waals surface area contributed by atoms with Gasteiger partial charge in [0.25, 0.3) is 0 Å². The molecule has 200 valence electrons. The molecule has 4 rings (SSSR count). The normalized spacial score (nSPS) is 20.8. The topological polar surface area (TPSA) is 82.1 Å². The molecule has 2 aromatic rings. The molecule has 2 amide bonds. The Labute approximate surface area is 224 Å². The fraction of sp³-hybridized carbons (Fsp3) is 0.517.